The van der Waals surface area contributed by atoms with E-state index >= 15 is 0 Å². The first-order chi connectivity index (χ1) is 19.0. The molecule has 1 aliphatic heterocycles. The number of esters is 1. The molecule has 0 amide bonds. The number of hydrogen-bond acceptors (Lipinski definition) is 6. The Morgan fingerprint density at radius 2 is 1.77 bits per heavy atom. The molecule has 6 nitrogen and oxygen atoms in total. The normalized spacial score (nSPS) is 14.3. The highest BCUT2D eigenvalue weighted by Crippen LogP contribution is 2.44. The number of aryl methyl sites for hydroxylation is 1. The predicted octanol–water partition coefficient (Wildman–Crippen LogP) is 6.41. The number of carbonyl (C=O) groups excluding carboxylic acids is 1. The SMILES string of the molecule is Cc1ccc(COc2cccc(C3C(C#N)=C(N)Oc4cc(OC(=O)/C=C/c5ccccc5)ccc43)c2)cc1. The van der Waals surface area contributed by atoms with Crippen molar-refractivity contribution in [1.82, 2.24) is 0 Å². The van der Waals surface area contributed by atoms with E-state index in [0.717, 1.165) is 22.3 Å². The van der Waals surface area contributed by atoms with E-state index < -0.39 is 11.9 Å². The summed E-state index contributed by atoms with van der Waals surface area (Å²) >= 11 is 0. The standard InChI is InChI=1S/C33H26N2O4/c1-22-10-12-24(13-11-22)21-37-26-9-5-8-25(18-26)32-28-16-15-27(19-30(28)39-33(35)29(32)20-34)38-31(36)17-14-23-6-3-2-4-7-23/h2-19,32H,21,35H2,1H3/b17-14+. The van der Waals surface area contributed by atoms with Crippen LogP contribution in [0.15, 0.2) is 115 Å². The van der Waals surface area contributed by atoms with Gasteiger partial charge in [0.15, 0.2) is 0 Å². The van der Waals surface area contributed by atoms with E-state index in [4.69, 9.17) is 19.9 Å². The van der Waals surface area contributed by atoms with Crippen LogP contribution in [0.4, 0.5) is 0 Å². The topological polar surface area (TPSA) is 94.6 Å². The molecule has 5 rings (SSSR count). The van der Waals surface area contributed by atoms with Gasteiger partial charge in [-0.15, -0.1) is 0 Å². The summed E-state index contributed by atoms with van der Waals surface area (Å²) in [6.07, 6.45) is 3.05. The van der Waals surface area contributed by atoms with Crippen molar-refractivity contribution < 1.29 is 19.0 Å². The highest BCUT2D eigenvalue weighted by molar-refractivity contribution is 5.88. The van der Waals surface area contributed by atoms with Crippen molar-refractivity contribution in [1.29, 1.82) is 5.26 Å². The molecule has 0 saturated heterocycles. The van der Waals surface area contributed by atoms with Gasteiger partial charge in [0.05, 0.1) is 5.92 Å². The number of allylic oxidation sites excluding steroid dienone is 1. The number of carbonyl (C=O) groups is 1. The van der Waals surface area contributed by atoms with E-state index in [1.54, 1.807) is 24.3 Å². The molecule has 1 aliphatic rings. The van der Waals surface area contributed by atoms with Gasteiger partial charge >= 0.3 is 5.97 Å². The highest BCUT2D eigenvalue weighted by atomic mass is 16.5. The molecule has 0 radical (unpaired) electrons. The van der Waals surface area contributed by atoms with E-state index in [-0.39, 0.29) is 5.88 Å². The largest absolute Gasteiger partial charge is 0.489 e. The van der Waals surface area contributed by atoms with Crippen LogP contribution in [0.25, 0.3) is 6.08 Å². The first-order valence-corrected chi connectivity index (χ1v) is 12.4. The molecule has 0 aliphatic carbocycles. The zero-order valence-corrected chi connectivity index (χ0v) is 21.3. The van der Waals surface area contributed by atoms with Gasteiger partial charge in [0.2, 0.25) is 5.88 Å². The van der Waals surface area contributed by atoms with Crippen LogP contribution in [-0.4, -0.2) is 5.97 Å². The zero-order chi connectivity index (χ0) is 27.2. The third kappa shape index (κ3) is 6.00. The lowest BCUT2D eigenvalue weighted by Gasteiger charge is -2.27. The highest BCUT2D eigenvalue weighted by Gasteiger charge is 2.31. The summed E-state index contributed by atoms with van der Waals surface area (Å²) in [7, 11) is 0. The Morgan fingerprint density at radius 1 is 0.974 bits per heavy atom. The van der Waals surface area contributed by atoms with Crippen LogP contribution < -0.4 is 19.9 Å². The van der Waals surface area contributed by atoms with Crippen molar-refractivity contribution in [3.05, 3.63) is 142 Å². The lowest BCUT2D eigenvalue weighted by Crippen LogP contribution is -2.21. The monoisotopic (exact) mass is 514 g/mol. The summed E-state index contributed by atoms with van der Waals surface area (Å²) < 4.78 is 17.3. The Hall–Kier alpha value is -5.28. The third-order valence-electron chi connectivity index (χ3n) is 6.34. The van der Waals surface area contributed by atoms with Gasteiger partial charge in [-0.25, -0.2) is 4.79 Å². The van der Waals surface area contributed by atoms with E-state index in [9.17, 15) is 10.1 Å². The molecule has 4 aromatic rings. The minimum Gasteiger partial charge on any atom is -0.489 e. The number of benzene rings is 4. The minimum absolute atomic E-state index is 0.00780. The molecule has 0 spiro atoms. The number of ether oxygens (including phenoxy) is 3. The summed E-state index contributed by atoms with van der Waals surface area (Å²) in [4.78, 5) is 12.4. The maximum atomic E-state index is 12.4. The second-order valence-electron chi connectivity index (χ2n) is 9.14. The van der Waals surface area contributed by atoms with Crippen molar-refractivity contribution >= 4 is 12.0 Å². The van der Waals surface area contributed by atoms with Crippen molar-refractivity contribution in [3.63, 3.8) is 0 Å². The Labute approximate surface area is 227 Å². The van der Waals surface area contributed by atoms with Gasteiger partial charge in [-0.1, -0.05) is 78.4 Å². The van der Waals surface area contributed by atoms with Crippen LogP contribution in [0.5, 0.6) is 17.2 Å². The Bertz CT molecular complexity index is 1600. The zero-order valence-electron chi connectivity index (χ0n) is 21.3. The van der Waals surface area contributed by atoms with Crippen LogP contribution >= 0.6 is 0 Å². The molecule has 2 N–H and O–H groups in total. The van der Waals surface area contributed by atoms with Gasteiger partial charge in [-0.3, -0.25) is 0 Å². The minimum atomic E-state index is -0.522. The summed E-state index contributed by atoms with van der Waals surface area (Å²) in [5.41, 5.74) is 11.2. The van der Waals surface area contributed by atoms with Gasteiger partial charge in [-0.2, -0.15) is 5.26 Å². The second-order valence-corrected chi connectivity index (χ2v) is 9.14. The third-order valence-corrected chi connectivity index (χ3v) is 6.34. The quantitative estimate of drug-likeness (QED) is 0.174. The van der Waals surface area contributed by atoms with E-state index in [0.29, 0.717) is 29.4 Å². The second kappa shape index (κ2) is 11.4. The molecular formula is C33H26N2O4. The molecule has 0 fully saturated rings. The van der Waals surface area contributed by atoms with Gasteiger partial charge in [-0.05, 0) is 47.9 Å². The van der Waals surface area contributed by atoms with Crippen molar-refractivity contribution in [2.45, 2.75) is 19.4 Å². The molecule has 39 heavy (non-hydrogen) atoms. The average Bonchev–Trinajstić information content (AvgIpc) is 2.95. The van der Waals surface area contributed by atoms with E-state index in [2.05, 4.69) is 6.07 Å². The lowest BCUT2D eigenvalue weighted by atomic mass is 9.83. The first-order valence-electron chi connectivity index (χ1n) is 12.4. The van der Waals surface area contributed by atoms with Crippen LogP contribution in [0.3, 0.4) is 0 Å². The smallest absolute Gasteiger partial charge is 0.336 e. The fourth-order valence-corrected chi connectivity index (χ4v) is 4.36. The van der Waals surface area contributed by atoms with Gasteiger partial charge in [0.1, 0.15) is 35.5 Å². The van der Waals surface area contributed by atoms with E-state index in [1.807, 2.05) is 85.8 Å². The van der Waals surface area contributed by atoms with Crippen LogP contribution in [0, 0.1) is 18.3 Å². The molecule has 0 saturated carbocycles. The van der Waals surface area contributed by atoms with Crippen LogP contribution in [-0.2, 0) is 11.4 Å². The van der Waals surface area contributed by atoms with Gasteiger partial charge in [0.25, 0.3) is 0 Å². The van der Waals surface area contributed by atoms with E-state index in [1.165, 1.54) is 11.6 Å². The summed E-state index contributed by atoms with van der Waals surface area (Å²) in [5.74, 6) is 0.412. The molecular weight excluding hydrogens is 488 g/mol. The molecule has 192 valence electrons. The molecule has 1 atom stereocenters. The fraction of sp³-hybridized carbons (Fsp3) is 0.0909. The molecule has 1 heterocycles. The van der Waals surface area contributed by atoms with Crippen LogP contribution in [0.1, 0.15) is 33.7 Å². The number of rotatable bonds is 7. The van der Waals surface area contributed by atoms with Crippen molar-refractivity contribution in [2.24, 2.45) is 5.73 Å². The number of hydrogen-bond donors (Lipinski definition) is 1. The maximum absolute atomic E-state index is 12.4. The molecule has 1 unspecified atom stereocenters. The molecule has 6 heteroatoms. The van der Waals surface area contributed by atoms with Gasteiger partial charge in [0, 0.05) is 17.7 Å². The molecule has 0 aromatic heterocycles. The fourth-order valence-electron chi connectivity index (χ4n) is 4.36. The van der Waals surface area contributed by atoms with Crippen molar-refractivity contribution in [2.75, 3.05) is 0 Å². The average molecular weight is 515 g/mol. The molecule has 0 bridgehead atoms. The summed E-state index contributed by atoms with van der Waals surface area (Å²) in [6, 6.07) is 32.5. The first kappa shape index (κ1) is 25.4. The van der Waals surface area contributed by atoms with Crippen molar-refractivity contribution in [3.8, 4) is 23.3 Å². The Balaban J connectivity index is 1.37. The van der Waals surface area contributed by atoms with Crippen LogP contribution in [0.2, 0.25) is 0 Å². The lowest BCUT2D eigenvalue weighted by molar-refractivity contribution is -0.128. The number of fused-ring (bicyclic) bond motifs is 1. The summed E-state index contributed by atoms with van der Waals surface area (Å²) in [6.45, 7) is 2.46. The van der Waals surface area contributed by atoms with Gasteiger partial charge < -0.3 is 19.9 Å². The Kier molecular flexibility index (Phi) is 7.42. The number of nitrogens with two attached hydrogens (primary N) is 1. The molecule has 4 aromatic carbocycles. The number of nitrogens with zero attached hydrogens (tertiary/aromatic N) is 1. The maximum Gasteiger partial charge on any atom is 0.336 e. The predicted molar refractivity (Wildman–Crippen MR) is 149 cm³/mol. The summed E-state index contributed by atoms with van der Waals surface area (Å²) in [5, 5.41) is 9.91. The Morgan fingerprint density at radius 3 is 2.54 bits per heavy atom. The number of nitriles is 1.